The average molecular weight is 437 g/mol. The van der Waals surface area contributed by atoms with Gasteiger partial charge in [-0.15, -0.1) is 0 Å². The van der Waals surface area contributed by atoms with Gasteiger partial charge in [0, 0.05) is 6.54 Å². The summed E-state index contributed by atoms with van der Waals surface area (Å²) in [6, 6.07) is 14.1. The van der Waals surface area contributed by atoms with Gasteiger partial charge in [0.2, 0.25) is 11.8 Å². The number of hydrogen-bond acceptors (Lipinski definition) is 3. The summed E-state index contributed by atoms with van der Waals surface area (Å²) < 4.78 is 0. The first-order valence-corrected chi connectivity index (χ1v) is 11.3. The Bertz CT molecular complexity index is 960. The number of aromatic carboxylic acids is 1. The maximum atomic E-state index is 13.1. The third kappa shape index (κ3) is 5.55. The zero-order chi connectivity index (χ0) is 23.3. The van der Waals surface area contributed by atoms with Crippen molar-refractivity contribution in [1.82, 2.24) is 10.2 Å². The number of benzene rings is 2. The van der Waals surface area contributed by atoms with Gasteiger partial charge in [0.05, 0.1) is 12.1 Å². The quantitative estimate of drug-likeness (QED) is 0.749. The van der Waals surface area contributed by atoms with Crippen molar-refractivity contribution in [3.05, 3.63) is 70.8 Å². The number of hydrogen-bond donors (Lipinski definition) is 2. The molecule has 1 aliphatic carbocycles. The average Bonchev–Trinajstić information content (AvgIpc) is 3.20. The molecule has 1 aliphatic heterocycles. The van der Waals surface area contributed by atoms with E-state index in [1.165, 1.54) is 28.5 Å². The second-order valence-corrected chi connectivity index (χ2v) is 8.94. The third-order valence-electron chi connectivity index (χ3n) is 6.21. The molecule has 32 heavy (non-hydrogen) atoms. The fourth-order valence-electron chi connectivity index (χ4n) is 4.08. The molecule has 1 fully saturated rings. The van der Waals surface area contributed by atoms with Crippen molar-refractivity contribution >= 4 is 17.8 Å². The lowest BCUT2D eigenvalue weighted by molar-refractivity contribution is -0.146. The van der Waals surface area contributed by atoms with Crippen LogP contribution in [0.15, 0.2) is 48.5 Å². The van der Waals surface area contributed by atoms with Crippen molar-refractivity contribution in [2.24, 2.45) is 11.8 Å². The van der Waals surface area contributed by atoms with E-state index in [1.807, 2.05) is 12.1 Å². The lowest BCUT2D eigenvalue weighted by Gasteiger charge is -2.35. The Morgan fingerprint density at radius 3 is 2.19 bits per heavy atom. The highest BCUT2D eigenvalue weighted by molar-refractivity contribution is 5.95. The number of carboxylic acids is 1. The first kappa shape index (κ1) is 23.5. The van der Waals surface area contributed by atoms with Gasteiger partial charge in [0.15, 0.2) is 0 Å². The predicted octanol–water partition coefficient (Wildman–Crippen LogP) is 3.68. The van der Waals surface area contributed by atoms with E-state index in [2.05, 4.69) is 38.2 Å². The maximum absolute atomic E-state index is 13.1. The standard InChI is InChI=1S/C21H20N2O4.C5H12/c24-18-12-23(11-15-7-3-4-8-17(15)21(26)27)20(25)19(22-18)16-9-13-5-1-2-6-14(13)10-16;1-4-5(2)3/h1-8,16,19H,9-12H2,(H,22,24)(H,26,27);5H,4H2,1-3H3. The summed E-state index contributed by atoms with van der Waals surface area (Å²) in [5, 5.41) is 12.2. The molecule has 2 aromatic carbocycles. The molecule has 6 nitrogen and oxygen atoms in total. The molecule has 0 bridgehead atoms. The number of nitrogens with zero attached hydrogens (tertiary/aromatic N) is 1. The highest BCUT2D eigenvalue weighted by Crippen LogP contribution is 2.30. The predicted molar refractivity (Wildman–Crippen MR) is 123 cm³/mol. The first-order chi connectivity index (χ1) is 15.3. The van der Waals surface area contributed by atoms with Crippen LogP contribution >= 0.6 is 0 Å². The molecule has 0 radical (unpaired) electrons. The molecule has 1 atom stereocenters. The molecule has 1 saturated heterocycles. The monoisotopic (exact) mass is 436 g/mol. The Morgan fingerprint density at radius 2 is 1.62 bits per heavy atom. The smallest absolute Gasteiger partial charge is 0.336 e. The minimum Gasteiger partial charge on any atom is -0.478 e. The van der Waals surface area contributed by atoms with Gasteiger partial charge >= 0.3 is 5.97 Å². The van der Waals surface area contributed by atoms with Crippen molar-refractivity contribution < 1.29 is 19.5 Å². The number of carbonyl (C=O) groups excluding carboxylic acids is 2. The Labute approximate surface area is 189 Å². The molecule has 0 aromatic heterocycles. The van der Waals surface area contributed by atoms with Crippen LogP contribution in [0.5, 0.6) is 0 Å². The van der Waals surface area contributed by atoms with Crippen LogP contribution in [0, 0.1) is 11.8 Å². The topological polar surface area (TPSA) is 86.7 Å². The molecule has 2 aliphatic rings. The lowest BCUT2D eigenvalue weighted by atomic mass is 9.93. The Morgan fingerprint density at radius 1 is 1.06 bits per heavy atom. The fourth-order valence-corrected chi connectivity index (χ4v) is 4.08. The molecule has 1 unspecified atom stereocenters. The molecule has 0 saturated carbocycles. The zero-order valence-electron chi connectivity index (χ0n) is 19.0. The summed E-state index contributed by atoms with van der Waals surface area (Å²) in [6.07, 6.45) is 2.82. The van der Waals surface area contributed by atoms with E-state index in [1.54, 1.807) is 18.2 Å². The van der Waals surface area contributed by atoms with Crippen molar-refractivity contribution in [3.8, 4) is 0 Å². The number of fused-ring (bicyclic) bond motifs is 1. The van der Waals surface area contributed by atoms with Crippen LogP contribution in [0.1, 0.15) is 54.2 Å². The van der Waals surface area contributed by atoms with E-state index >= 15 is 0 Å². The molecule has 2 aromatic rings. The van der Waals surface area contributed by atoms with E-state index in [0.717, 1.165) is 18.8 Å². The molecule has 4 rings (SSSR count). The Hall–Kier alpha value is -3.15. The molecular formula is C26H32N2O4. The minimum absolute atomic E-state index is 0.0244. The van der Waals surface area contributed by atoms with E-state index in [9.17, 15) is 19.5 Å². The van der Waals surface area contributed by atoms with E-state index in [4.69, 9.17) is 0 Å². The van der Waals surface area contributed by atoms with Crippen LogP contribution in [-0.4, -0.2) is 40.4 Å². The Balaban J connectivity index is 0.000000523. The SMILES string of the molecule is CCC(C)C.O=C1CN(Cc2ccccc2C(=O)O)C(=O)C(C2Cc3ccccc3C2)N1. The van der Waals surface area contributed by atoms with E-state index < -0.39 is 12.0 Å². The summed E-state index contributed by atoms with van der Waals surface area (Å²) in [4.78, 5) is 38.2. The van der Waals surface area contributed by atoms with Gasteiger partial charge in [-0.2, -0.15) is 0 Å². The largest absolute Gasteiger partial charge is 0.478 e. The van der Waals surface area contributed by atoms with Gasteiger partial charge in [0.25, 0.3) is 0 Å². The van der Waals surface area contributed by atoms with E-state index in [-0.39, 0.29) is 36.4 Å². The summed E-state index contributed by atoms with van der Waals surface area (Å²) in [5.74, 6) is -0.482. The highest BCUT2D eigenvalue weighted by atomic mass is 16.4. The van der Waals surface area contributed by atoms with Crippen molar-refractivity contribution in [3.63, 3.8) is 0 Å². The first-order valence-electron chi connectivity index (χ1n) is 11.3. The number of carboxylic acid groups (broad SMARTS) is 1. The zero-order valence-corrected chi connectivity index (χ0v) is 19.0. The molecule has 2 N–H and O–H groups in total. The van der Waals surface area contributed by atoms with Gasteiger partial charge in [-0.1, -0.05) is 69.7 Å². The number of rotatable bonds is 5. The van der Waals surface area contributed by atoms with Crippen LogP contribution in [0.3, 0.4) is 0 Å². The van der Waals surface area contributed by atoms with Crippen LogP contribution < -0.4 is 5.32 Å². The lowest BCUT2D eigenvalue weighted by Crippen LogP contribution is -2.60. The molecule has 1 heterocycles. The van der Waals surface area contributed by atoms with Gasteiger partial charge < -0.3 is 15.3 Å². The number of amides is 2. The van der Waals surface area contributed by atoms with Crippen LogP contribution in [-0.2, 0) is 29.0 Å². The minimum atomic E-state index is -1.04. The van der Waals surface area contributed by atoms with Crippen molar-refractivity contribution in [1.29, 1.82) is 0 Å². The van der Waals surface area contributed by atoms with Gasteiger partial charge in [-0.3, -0.25) is 9.59 Å². The van der Waals surface area contributed by atoms with Gasteiger partial charge in [-0.25, -0.2) is 4.79 Å². The Kier molecular flexibility index (Phi) is 7.67. The molecule has 2 amide bonds. The van der Waals surface area contributed by atoms with Crippen LogP contribution in [0.25, 0.3) is 0 Å². The number of piperazine rings is 1. The number of carbonyl (C=O) groups is 3. The second-order valence-electron chi connectivity index (χ2n) is 8.94. The summed E-state index contributed by atoms with van der Waals surface area (Å²) in [5.41, 5.74) is 3.12. The fraction of sp³-hybridized carbons (Fsp3) is 0.423. The summed E-state index contributed by atoms with van der Waals surface area (Å²) in [6.45, 7) is 6.71. The molecule has 170 valence electrons. The van der Waals surface area contributed by atoms with Crippen LogP contribution in [0.2, 0.25) is 0 Å². The van der Waals surface area contributed by atoms with Crippen LogP contribution in [0.4, 0.5) is 0 Å². The van der Waals surface area contributed by atoms with E-state index in [0.29, 0.717) is 5.56 Å². The molecule has 0 spiro atoms. The van der Waals surface area contributed by atoms with Crippen molar-refractivity contribution in [2.75, 3.05) is 6.54 Å². The molecular weight excluding hydrogens is 404 g/mol. The van der Waals surface area contributed by atoms with Crippen molar-refractivity contribution in [2.45, 2.75) is 52.6 Å². The summed E-state index contributed by atoms with van der Waals surface area (Å²) in [7, 11) is 0. The van der Waals surface area contributed by atoms with Gasteiger partial charge in [-0.05, 0) is 47.4 Å². The van der Waals surface area contributed by atoms with Gasteiger partial charge in [0.1, 0.15) is 6.04 Å². The number of nitrogens with one attached hydrogen (secondary N) is 1. The maximum Gasteiger partial charge on any atom is 0.336 e. The highest BCUT2D eigenvalue weighted by Gasteiger charge is 2.40. The third-order valence-corrected chi connectivity index (χ3v) is 6.21. The summed E-state index contributed by atoms with van der Waals surface area (Å²) >= 11 is 0. The molecule has 6 heteroatoms. The normalized spacial score (nSPS) is 18.1. The second kappa shape index (κ2) is 10.4.